The van der Waals surface area contributed by atoms with Crippen LogP contribution in [0.5, 0.6) is 0 Å². The predicted molar refractivity (Wildman–Crippen MR) is 67.8 cm³/mol. The lowest BCUT2D eigenvalue weighted by atomic mass is 10.3. The van der Waals surface area contributed by atoms with Gasteiger partial charge in [0.15, 0.2) is 8.32 Å². The van der Waals surface area contributed by atoms with Crippen LogP contribution in [0.2, 0.25) is 19.1 Å². The molecule has 86 valence electrons. The van der Waals surface area contributed by atoms with Gasteiger partial charge in [-0.15, -0.1) is 0 Å². The van der Waals surface area contributed by atoms with E-state index in [0.29, 0.717) is 0 Å². The Morgan fingerprint density at radius 2 is 2.13 bits per heavy atom. The highest BCUT2D eigenvalue weighted by atomic mass is 28.4. The maximum atomic E-state index is 7.49. The van der Waals surface area contributed by atoms with E-state index in [0.717, 1.165) is 37.9 Å². The summed E-state index contributed by atoms with van der Waals surface area (Å²) in [5.74, 6) is 0. The molecule has 0 bridgehead atoms. The van der Waals surface area contributed by atoms with Gasteiger partial charge in [-0.25, -0.2) is 0 Å². The zero-order valence-corrected chi connectivity index (χ0v) is 11.1. The van der Waals surface area contributed by atoms with Crippen LogP contribution in [-0.4, -0.2) is 33.4 Å². The van der Waals surface area contributed by atoms with Crippen molar-refractivity contribution in [1.82, 2.24) is 0 Å². The summed E-state index contributed by atoms with van der Waals surface area (Å²) in [6.45, 7) is 5.40. The zero-order chi connectivity index (χ0) is 11.3. The summed E-state index contributed by atoms with van der Waals surface area (Å²) in [6, 6.07) is 1.18. The normalized spacial score (nSPS) is 20.2. The number of nitrogens with one attached hydrogen (secondary N) is 1. The fourth-order valence-corrected chi connectivity index (χ4v) is 2.91. The first kappa shape index (κ1) is 12.6. The number of nitrogens with zero attached hydrogens (tertiary/aromatic N) is 1. The Morgan fingerprint density at radius 1 is 1.40 bits per heavy atom. The van der Waals surface area contributed by atoms with Gasteiger partial charge in [0.2, 0.25) is 0 Å². The van der Waals surface area contributed by atoms with E-state index in [1.54, 1.807) is 0 Å². The maximum Gasteiger partial charge on any atom is 0.186 e. The standard InChI is InChI=1S/C11H22N2OSi/c1-14-15(2,3)8-4-7-13-11-6-5-10(12)9-11/h12H,4-9H2,1-3H3. The molecule has 1 fully saturated rings. The Labute approximate surface area is 93.6 Å². The molecule has 1 aliphatic rings. The lowest BCUT2D eigenvalue weighted by Crippen LogP contribution is -2.28. The van der Waals surface area contributed by atoms with Crippen molar-refractivity contribution in [3.63, 3.8) is 0 Å². The second-order valence-electron chi connectivity index (χ2n) is 4.80. The minimum Gasteiger partial charge on any atom is -0.420 e. The zero-order valence-electron chi connectivity index (χ0n) is 10.1. The first-order valence-electron chi connectivity index (χ1n) is 5.67. The van der Waals surface area contributed by atoms with Crippen LogP contribution >= 0.6 is 0 Å². The predicted octanol–water partition coefficient (Wildman–Crippen LogP) is 2.87. The Balaban J connectivity index is 2.19. The minimum atomic E-state index is -1.38. The topological polar surface area (TPSA) is 45.4 Å². The molecule has 1 rings (SSSR count). The average molecular weight is 226 g/mol. The van der Waals surface area contributed by atoms with Gasteiger partial charge >= 0.3 is 0 Å². The van der Waals surface area contributed by atoms with E-state index in [2.05, 4.69) is 18.1 Å². The average Bonchev–Trinajstić information content (AvgIpc) is 2.59. The van der Waals surface area contributed by atoms with Crippen molar-refractivity contribution in [3.8, 4) is 0 Å². The molecule has 1 saturated carbocycles. The van der Waals surface area contributed by atoms with E-state index in [1.165, 1.54) is 11.8 Å². The van der Waals surface area contributed by atoms with E-state index >= 15 is 0 Å². The van der Waals surface area contributed by atoms with Gasteiger partial charge in [0.25, 0.3) is 0 Å². The summed E-state index contributed by atoms with van der Waals surface area (Å²) >= 11 is 0. The first-order valence-corrected chi connectivity index (χ1v) is 8.79. The van der Waals surface area contributed by atoms with Crippen LogP contribution in [0.1, 0.15) is 25.7 Å². The highest BCUT2D eigenvalue weighted by Gasteiger charge is 2.19. The summed E-state index contributed by atoms with van der Waals surface area (Å²) in [5, 5.41) is 7.49. The second kappa shape index (κ2) is 5.56. The van der Waals surface area contributed by atoms with Crippen LogP contribution in [0, 0.1) is 5.41 Å². The van der Waals surface area contributed by atoms with Crippen molar-refractivity contribution in [2.75, 3.05) is 13.7 Å². The van der Waals surface area contributed by atoms with Gasteiger partial charge in [-0.1, -0.05) is 0 Å². The number of hydrogen-bond acceptors (Lipinski definition) is 3. The van der Waals surface area contributed by atoms with Crippen molar-refractivity contribution in [2.24, 2.45) is 4.99 Å². The van der Waals surface area contributed by atoms with Crippen LogP contribution in [-0.2, 0) is 4.43 Å². The molecule has 0 unspecified atom stereocenters. The Hall–Kier alpha value is -0.483. The number of hydrogen-bond donors (Lipinski definition) is 1. The molecule has 1 N–H and O–H groups in total. The molecule has 1 aliphatic carbocycles. The Bertz CT molecular complexity index is 261. The molecule has 0 atom stereocenters. The third-order valence-electron chi connectivity index (χ3n) is 2.96. The molecular weight excluding hydrogens is 204 g/mol. The monoisotopic (exact) mass is 226 g/mol. The van der Waals surface area contributed by atoms with Crippen molar-refractivity contribution in [3.05, 3.63) is 0 Å². The van der Waals surface area contributed by atoms with Gasteiger partial charge in [0.1, 0.15) is 0 Å². The third-order valence-corrected chi connectivity index (χ3v) is 5.62. The van der Waals surface area contributed by atoms with Crippen LogP contribution in [0.25, 0.3) is 0 Å². The van der Waals surface area contributed by atoms with Gasteiger partial charge in [-0.3, -0.25) is 4.99 Å². The van der Waals surface area contributed by atoms with Gasteiger partial charge in [0, 0.05) is 31.5 Å². The van der Waals surface area contributed by atoms with Crippen molar-refractivity contribution in [2.45, 2.75) is 44.8 Å². The lowest BCUT2D eigenvalue weighted by molar-refractivity contribution is 0.402. The summed E-state index contributed by atoms with van der Waals surface area (Å²) in [4.78, 5) is 4.55. The van der Waals surface area contributed by atoms with E-state index in [4.69, 9.17) is 9.84 Å². The quantitative estimate of drug-likeness (QED) is 0.568. The fourth-order valence-electron chi connectivity index (χ4n) is 1.70. The van der Waals surface area contributed by atoms with Crippen molar-refractivity contribution in [1.29, 1.82) is 5.41 Å². The van der Waals surface area contributed by atoms with Gasteiger partial charge in [-0.2, -0.15) is 0 Å². The second-order valence-corrected chi connectivity index (χ2v) is 9.22. The molecule has 0 saturated heterocycles. The molecule has 0 heterocycles. The molecule has 0 radical (unpaired) electrons. The first-order chi connectivity index (χ1) is 7.03. The molecular formula is C11H22N2OSi. The Morgan fingerprint density at radius 3 is 2.67 bits per heavy atom. The third kappa shape index (κ3) is 4.71. The SMILES string of the molecule is CO[Si](C)(C)CCCN=C1CCC(=N)C1. The van der Waals surface area contributed by atoms with E-state index in [1.807, 2.05) is 7.11 Å². The molecule has 15 heavy (non-hydrogen) atoms. The number of rotatable bonds is 5. The Kier molecular flexibility index (Phi) is 4.66. The van der Waals surface area contributed by atoms with Crippen LogP contribution < -0.4 is 0 Å². The summed E-state index contributed by atoms with van der Waals surface area (Å²) in [7, 11) is 0.437. The largest absolute Gasteiger partial charge is 0.420 e. The smallest absolute Gasteiger partial charge is 0.186 e. The van der Waals surface area contributed by atoms with E-state index in [9.17, 15) is 0 Å². The van der Waals surface area contributed by atoms with Crippen LogP contribution in [0.4, 0.5) is 0 Å². The van der Waals surface area contributed by atoms with Crippen LogP contribution in [0.15, 0.2) is 4.99 Å². The molecule has 0 aromatic rings. The summed E-state index contributed by atoms with van der Waals surface area (Å²) < 4.78 is 5.48. The van der Waals surface area contributed by atoms with Crippen LogP contribution in [0.3, 0.4) is 0 Å². The molecule has 0 aromatic carbocycles. The van der Waals surface area contributed by atoms with Gasteiger partial charge < -0.3 is 9.84 Å². The van der Waals surface area contributed by atoms with Crippen molar-refractivity contribution >= 4 is 19.7 Å². The molecule has 0 aromatic heterocycles. The molecule has 0 spiro atoms. The number of aliphatic imine (C=N–C) groups is 1. The maximum absolute atomic E-state index is 7.49. The van der Waals surface area contributed by atoms with Gasteiger partial charge in [-0.05, 0) is 38.4 Å². The summed E-state index contributed by atoms with van der Waals surface area (Å²) in [5.41, 5.74) is 2.08. The van der Waals surface area contributed by atoms with E-state index < -0.39 is 8.32 Å². The lowest BCUT2D eigenvalue weighted by Gasteiger charge is -2.18. The highest BCUT2D eigenvalue weighted by Crippen LogP contribution is 2.14. The fraction of sp³-hybridized carbons (Fsp3) is 0.818. The highest BCUT2D eigenvalue weighted by molar-refractivity contribution is 6.71. The van der Waals surface area contributed by atoms with Gasteiger partial charge in [0.05, 0.1) is 0 Å². The molecule has 3 nitrogen and oxygen atoms in total. The van der Waals surface area contributed by atoms with E-state index in [-0.39, 0.29) is 0 Å². The van der Waals surface area contributed by atoms with Crippen molar-refractivity contribution < 1.29 is 4.43 Å². The summed E-state index contributed by atoms with van der Waals surface area (Å²) in [6.07, 6.45) is 3.90. The molecule has 4 heteroatoms. The minimum absolute atomic E-state index is 0.825. The molecule has 0 amide bonds. The molecule has 0 aliphatic heterocycles.